The van der Waals surface area contributed by atoms with Crippen LogP contribution in [0.15, 0.2) is 66.0 Å². The van der Waals surface area contributed by atoms with Gasteiger partial charge in [0.25, 0.3) is 0 Å². The molecular formula is C22H20F3N3O2S. The molecule has 1 aromatic heterocycles. The standard InChI is InChI=1S/C22H20F3N3O2S/c1-14(29)17-9-6-10-18(11-17)27-20(30)15(2)31-21-26-12-19(16-7-4-3-5-8-16)28(21)13-22(23,24)25/h3-12,15H,13H2,1-2H3,(H,27,30). The Labute approximate surface area is 181 Å². The molecule has 3 aromatic rings. The molecule has 0 saturated carbocycles. The van der Waals surface area contributed by atoms with Crippen molar-refractivity contribution in [2.24, 2.45) is 0 Å². The van der Waals surface area contributed by atoms with Crippen molar-refractivity contribution in [1.82, 2.24) is 9.55 Å². The van der Waals surface area contributed by atoms with Gasteiger partial charge >= 0.3 is 6.18 Å². The van der Waals surface area contributed by atoms with Gasteiger partial charge in [-0.3, -0.25) is 9.59 Å². The minimum atomic E-state index is -4.45. The van der Waals surface area contributed by atoms with Crippen LogP contribution in [0.25, 0.3) is 11.3 Å². The van der Waals surface area contributed by atoms with Gasteiger partial charge in [-0.15, -0.1) is 0 Å². The molecule has 162 valence electrons. The van der Waals surface area contributed by atoms with Gasteiger partial charge < -0.3 is 9.88 Å². The van der Waals surface area contributed by atoms with E-state index in [4.69, 9.17) is 0 Å². The summed E-state index contributed by atoms with van der Waals surface area (Å²) in [5.74, 6) is -0.547. The van der Waals surface area contributed by atoms with E-state index in [-0.39, 0.29) is 10.9 Å². The third-order valence-electron chi connectivity index (χ3n) is 4.41. The highest BCUT2D eigenvalue weighted by Crippen LogP contribution is 2.32. The third kappa shape index (κ3) is 5.97. The van der Waals surface area contributed by atoms with Crippen LogP contribution in [-0.4, -0.2) is 32.7 Å². The first-order chi connectivity index (χ1) is 14.6. The number of rotatable bonds is 7. The normalized spacial score (nSPS) is 12.4. The van der Waals surface area contributed by atoms with Gasteiger partial charge in [-0.2, -0.15) is 13.2 Å². The summed E-state index contributed by atoms with van der Waals surface area (Å²) >= 11 is 0.937. The molecule has 0 spiro atoms. The molecule has 0 fully saturated rings. The van der Waals surface area contributed by atoms with Crippen LogP contribution >= 0.6 is 11.8 Å². The summed E-state index contributed by atoms with van der Waals surface area (Å²) in [7, 11) is 0. The molecular weight excluding hydrogens is 427 g/mol. The van der Waals surface area contributed by atoms with Crippen LogP contribution in [0.3, 0.4) is 0 Å². The Hall–Kier alpha value is -3.07. The van der Waals surface area contributed by atoms with Crippen LogP contribution in [0.4, 0.5) is 18.9 Å². The van der Waals surface area contributed by atoms with E-state index in [1.807, 2.05) is 0 Å². The number of carbonyl (C=O) groups is 2. The smallest absolute Gasteiger partial charge is 0.325 e. The number of imidazole rings is 1. The number of hydrogen-bond acceptors (Lipinski definition) is 4. The first kappa shape index (κ1) is 22.6. The summed E-state index contributed by atoms with van der Waals surface area (Å²) in [5, 5.41) is 2.06. The average Bonchev–Trinajstić information content (AvgIpc) is 3.09. The first-order valence-corrected chi connectivity index (χ1v) is 10.3. The quantitative estimate of drug-likeness (QED) is 0.387. The lowest BCUT2D eigenvalue weighted by Gasteiger charge is -2.16. The summed E-state index contributed by atoms with van der Waals surface area (Å²) in [4.78, 5) is 28.2. The second-order valence-corrected chi connectivity index (χ2v) is 8.19. The number of anilines is 1. The molecule has 31 heavy (non-hydrogen) atoms. The van der Waals surface area contributed by atoms with E-state index in [1.54, 1.807) is 61.5 Å². The lowest BCUT2D eigenvalue weighted by Crippen LogP contribution is -2.24. The predicted octanol–water partition coefficient (Wildman–Crippen LogP) is 5.43. The molecule has 9 heteroatoms. The predicted molar refractivity (Wildman–Crippen MR) is 114 cm³/mol. The highest BCUT2D eigenvalue weighted by atomic mass is 32.2. The Balaban J connectivity index is 1.81. The number of nitrogens with one attached hydrogen (secondary N) is 1. The van der Waals surface area contributed by atoms with Crippen molar-refractivity contribution < 1.29 is 22.8 Å². The molecule has 0 radical (unpaired) electrons. The lowest BCUT2D eigenvalue weighted by molar-refractivity contribution is -0.141. The number of carbonyl (C=O) groups excluding carboxylic acids is 2. The molecule has 1 N–H and O–H groups in total. The van der Waals surface area contributed by atoms with Gasteiger partial charge in [0.05, 0.1) is 17.1 Å². The molecule has 0 bridgehead atoms. The fraction of sp³-hybridized carbons (Fsp3) is 0.227. The van der Waals surface area contributed by atoms with Crippen molar-refractivity contribution in [3.8, 4) is 11.3 Å². The van der Waals surface area contributed by atoms with Gasteiger partial charge in [0.2, 0.25) is 5.91 Å². The van der Waals surface area contributed by atoms with Crippen molar-refractivity contribution in [1.29, 1.82) is 0 Å². The number of Topliss-reactive ketones (excluding diaryl/α,β-unsaturated/α-hetero) is 1. The van der Waals surface area contributed by atoms with Gasteiger partial charge in [0.15, 0.2) is 10.9 Å². The summed E-state index contributed by atoms with van der Waals surface area (Å²) in [6.45, 7) is 1.79. The molecule has 1 unspecified atom stereocenters. The Morgan fingerprint density at radius 2 is 1.84 bits per heavy atom. The third-order valence-corrected chi connectivity index (χ3v) is 5.52. The van der Waals surface area contributed by atoms with E-state index in [9.17, 15) is 22.8 Å². The van der Waals surface area contributed by atoms with Crippen LogP contribution in [0.1, 0.15) is 24.2 Å². The number of thioether (sulfide) groups is 1. The highest BCUT2D eigenvalue weighted by molar-refractivity contribution is 8.00. The van der Waals surface area contributed by atoms with Gasteiger partial charge in [0, 0.05) is 11.3 Å². The van der Waals surface area contributed by atoms with E-state index in [1.165, 1.54) is 13.1 Å². The van der Waals surface area contributed by atoms with Crippen molar-refractivity contribution in [2.45, 2.75) is 37.0 Å². The Morgan fingerprint density at radius 1 is 1.13 bits per heavy atom. The maximum atomic E-state index is 13.2. The van der Waals surface area contributed by atoms with Gasteiger partial charge in [-0.05, 0) is 31.5 Å². The Bertz CT molecular complexity index is 1080. The van der Waals surface area contributed by atoms with Crippen LogP contribution in [-0.2, 0) is 11.3 Å². The molecule has 0 aliphatic heterocycles. The first-order valence-electron chi connectivity index (χ1n) is 9.40. The fourth-order valence-electron chi connectivity index (χ4n) is 2.90. The second kappa shape index (κ2) is 9.38. The van der Waals surface area contributed by atoms with Crippen LogP contribution < -0.4 is 5.32 Å². The number of nitrogens with zero attached hydrogens (tertiary/aromatic N) is 2. The van der Waals surface area contributed by atoms with Crippen molar-refractivity contribution in [3.63, 3.8) is 0 Å². The van der Waals surface area contributed by atoms with E-state index in [0.29, 0.717) is 22.5 Å². The number of aromatic nitrogens is 2. The second-order valence-electron chi connectivity index (χ2n) is 6.88. The molecule has 0 aliphatic rings. The molecule has 3 rings (SSSR count). The van der Waals surface area contributed by atoms with E-state index in [0.717, 1.165) is 16.3 Å². The monoisotopic (exact) mass is 447 g/mol. The maximum absolute atomic E-state index is 13.2. The zero-order valence-electron chi connectivity index (χ0n) is 16.8. The van der Waals surface area contributed by atoms with E-state index < -0.39 is 23.9 Å². The number of alkyl halides is 3. The molecule has 5 nitrogen and oxygen atoms in total. The van der Waals surface area contributed by atoms with Crippen LogP contribution in [0.2, 0.25) is 0 Å². The number of halogens is 3. The number of ketones is 1. The zero-order chi connectivity index (χ0) is 22.6. The topological polar surface area (TPSA) is 64.0 Å². The fourth-order valence-corrected chi connectivity index (χ4v) is 3.78. The average molecular weight is 447 g/mol. The van der Waals surface area contributed by atoms with Gasteiger partial charge in [-0.25, -0.2) is 4.98 Å². The summed E-state index contributed by atoms with van der Waals surface area (Å²) in [6, 6.07) is 15.1. The van der Waals surface area contributed by atoms with Gasteiger partial charge in [-0.1, -0.05) is 54.2 Å². The Kier molecular flexibility index (Phi) is 6.84. The van der Waals surface area contributed by atoms with Crippen LogP contribution in [0, 0.1) is 0 Å². The van der Waals surface area contributed by atoms with Crippen LogP contribution in [0.5, 0.6) is 0 Å². The molecule has 0 saturated heterocycles. The Morgan fingerprint density at radius 3 is 2.48 bits per heavy atom. The number of hydrogen-bond donors (Lipinski definition) is 1. The minimum Gasteiger partial charge on any atom is -0.325 e. The largest absolute Gasteiger partial charge is 0.406 e. The van der Waals surface area contributed by atoms with Crippen molar-refractivity contribution in [3.05, 3.63) is 66.4 Å². The number of benzene rings is 2. The highest BCUT2D eigenvalue weighted by Gasteiger charge is 2.31. The molecule has 2 aromatic carbocycles. The molecule has 0 aliphatic carbocycles. The summed E-state index contributed by atoms with van der Waals surface area (Å²) < 4.78 is 40.7. The zero-order valence-corrected chi connectivity index (χ0v) is 17.6. The summed E-state index contributed by atoms with van der Waals surface area (Å²) in [6.07, 6.45) is -3.07. The van der Waals surface area contributed by atoms with E-state index in [2.05, 4.69) is 10.3 Å². The van der Waals surface area contributed by atoms with Gasteiger partial charge in [0.1, 0.15) is 6.54 Å². The van der Waals surface area contributed by atoms with Crippen molar-refractivity contribution in [2.75, 3.05) is 5.32 Å². The SMILES string of the molecule is CC(=O)c1cccc(NC(=O)C(C)Sc2ncc(-c3ccccc3)n2CC(F)(F)F)c1. The lowest BCUT2D eigenvalue weighted by atomic mass is 10.1. The minimum absolute atomic E-state index is 0.0938. The molecule has 1 heterocycles. The maximum Gasteiger partial charge on any atom is 0.406 e. The van der Waals surface area contributed by atoms with Crippen molar-refractivity contribution >= 4 is 29.1 Å². The summed E-state index contributed by atoms with van der Waals surface area (Å²) in [5.41, 5.74) is 1.81. The molecule has 1 atom stereocenters. The molecule has 1 amide bonds. The number of amides is 1. The van der Waals surface area contributed by atoms with E-state index >= 15 is 0 Å².